The molecule has 0 radical (unpaired) electrons. The molecule has 1 unspecified atom stereocenters. The van der Waals surface area contributed by atoms with Crippen molar-refractivity contribution in [1.82, 2.24) is 0 Å². The van der Waals surface area contributed by atoms with Crippen LogP contribution in [0.15, 0.2) is 24.3 Å². The molecule has 0 fully saturated rings. The molecular formula is C7H7ClNO4PS. The first-order chi connectivity index (χ1) is 6.94. The van der Waals surface area contributed by atoms with E-state index in [1.165, 1.54) is 31.4 Å². The van der Waals surface area contributed by atoms with Crippen molar-refractivity contribution in [3.05, 3.63) is 34.4 Å². The molecule has 0 spiro atoms. The van der Waals surface area contributed by atoms with Gasteiger partial charge in [-0.15, -0.1) is 0 Å². The molecule has 0 aliphatic carbocycles. The Morgan fingerprint density at radius 2 is 2.00 bits per heavy atom. The Bertz CT molecular complexity index is 410. The highest BCUT2D eigenvalue weighted by Crippen LogP contribution is 2.52. The lowest BCUT2D eigenvalue weighted by atomic mass is 10.3. The Morgan fingerprint density at radius 1 is 1.47 bits per heavy atom. The van der Waals surface area contributed by atoms with E-state index >= 15 is 0 Å². The van der Waals surface area contributed by atoms with Gasteiger partial charge in [-0.3, -0.25) is 10.1 Å². The molecule has 0 aromatic heterocycles. The Morgan fingerprint density at radius 3 is 2.40 bits per heavy atom. The van der Waals surface area contributed by atoms with Crippen LogP contribution in [-0.4, -0.2) is 12.0 Å². The van der Waals surface area contributed by atoms with E-state index in [2.05, 4.69) is 0 Å². The molecule has 1 aromatic rings. The number of rotatable bonds is 4. The summed E-state index contributed by atoms with van der Waals surface area (Å²) in [6.07, 6.45) is 0. The van der Waals surface area contributed by atoms with Crippen LogP contribution >= 0.6 is 17.1 Å². The maximum atomic E-state index is 10.4. The summed E-state index contributed by atoms with van der Waals surface area (Å²) in [6.45, 7) is 0. The predicted octanol–water partition coefficient (Wildman–Crippen LogP) is 3.08. The molecule has 0 heterocycles. The Balaban J connectivity index is 2.82. The van der Waals surface area contributed by atoms with Gasteiger partial charge in [-0.25, -0.2) is 0 Å². The van der Waals surface area contributed by atoms with E-state index in [1.807, 2.05) is 0 Å². The first-order valence-electron chi connectivity index (χ1n) is 3.74. The highest BCUT2D eigenvalue weighted by atomic mass is 35.7. The molecular weight excluding hydrogens is 261 g/mol. The summed E-state index contributed by atoms with van der Waals surface area (Å²) in [5.74, 6) is -2.45. The number of nitro groups is 1. The molecule has 0 amide bonds. The predicted molar refractivity (Wildman–Crippen MR) is 60.9 cm³/mol. The highest BCUT2D eigenvalue weighted by molar-refractivity contribution is 8.22. The van der Waals surface area contributed by atoms with Crippen LogP contribution in [0.3, 0.4) is 0 Å². The van der Waals surface area contributed by atoms with Gasteiger partial charge in [0.1, 0.15) is 5.75 Å². The summed E-state index contributed by atoms with van der Waals surface area (Å²) in [4.78, 5) is 9.85. The third-order valence-corrected chi connectivity index (χ3v) is 3.64. The third kappa shape index (κ3) is 3.76. The van der Waals surface area contributed by atoms with Gasteiger partial charge in [0, 0.05) is 19.2 Å². The van der Waals surface area contributed by atoms with E-state index in [1.54, 1.807) is 0 Å². The first-order valence-corrected chi connectivity index (χ1v) is 7.28. The zero-order valence-corrected chi connectivity index (χ0v) is 10.1. The fraction of sp³-hybridized carbons (Fsp3) is 0.143. The lowest BCUT2D eigenvalue weighted by molar-refractivity contribution is -0.384. The van der Waals surface area contributed by atoms with Gasteiger partial charge in [0.15, 0.2) is 0 Å². The standard InChI is InChI=1S/C7H7ClNO4PS/c1-12-14(8,15)13-7-4-2-6(3-5-7)9(10)11/h2-5H,1H3. The molecule has 0 N–H and O–H groups in total. The lowest BCUT2D eigenvalue weighted by Crippen LogP contribution is -1.90. The van der Waals surface area contributed by atoms with E-state index in [9.17, 15) is 10.1 Å². The molecule has 15 heavy (non-hydrogen) atoms. The number of nitrogens with zero attached hydrogens (tertiary/aromatic N) is 1. The van der Waals surface area contributed by atoms with Crippen molar-refractivity contribution < 1.29 is 14.0 Å². The normalized spacial score (nSPS) is 14.3. The van der Waals surface area contributed by atoms with Gasteiger partial charge in [-0.1, -0.05) is 0 Å². The molecule has 1 rings (SSSR count). The first kappa shape index (κ1) is 12.4. The zero-order valence-electron chi connectivity index (χ0n) is 7.62. The number of nitro benzene ring substituents is 1. The van der Waals surface area contributed by atoms with Gasteiger partial charge in [0.05, 0.1) is 4.92 Å². The molecule has 0 aliphatic rings. The van der Waals surface area contributed by atoms with Gasteiger partial charge < -0.3 is 9.05 Å². The number of benzene rings is 1. The monoisotopic (exact) mass is 267 g/mol. The van der Waals surface area contributed by atoms with E-state index in [0.717, 1.165) is 0 Å². The fourth-order valence-electron chi connectivity index (χ4n) is 0.792. The van der Waals surface area contributed by atoms with Gasteiger partial charge in [0.25, 0.3) is 5.69 Å². The molecule has 1 aromatic carbocycles. The van der Waals surface area contributed by atoms with Crippen LogP contribution in [0.4, 0.5) is 5.69 Å². The summed E-state index contributed by atoms with van der Waals surface area (Å²) >= 11 is 10.5. The number of non-ortho nitro benzene ring substituents is 1. The smallest absolute Gasteiger partial charge is 0.332 e. The Kier molecular flexibility index (Phi) is 4.04. The summed E-state index contributed by atoms with van der Waals surface area (Å²) in [5.41, 5.74) is -0.0253. The molecule has 0 bridgehead atoms. The van der Waals surface area contributed by atoms with Crippen LogP contribution in [0, 0.1) is 10.1 Å². The van der Waals surface area contributed by atoms with Crippen molar-refractivity contribution >= 4 is 34.6 Å². The minimum absolute atomic E-state index is 0.0253. The molecule has 0 aliphatic heterocycles. The summed E-state index contributed by atoms with van der Waals surface area (Å²) < 4.78 is 9.89. The number of hydrogen-bond acceptors (Lipinski definition) is 5. The van der Waals surface area contributed by atoms with Crippen LogP contribution < -0.4 is 4.52 Å². The average molecular weight is 268 g/mol. The van der Waals surface area contributed by atoms with Crippen molar-refractivity contribution in [3.8, 4) is 5.75 Å². The molecule has 1 atom stereocenters. The maximum absolute atomic E-state index is 10.4. The number of halogens is 1. The lowest BCUT2D eigenvalue weighted by Gasteiger charge is -2.12. The summed E-state index contributed by atoms with van der Waals surface area (Å²) in [6, 6.07) is 5.44. The van der Waals surface area contributed by atoms with E-state index < -0.39 is 10.8 Å². The van der Waals surface area contributed by atoms with Crippen molar-refractivity contribution in [2.24, 2.45) is 0 Å². The molecule has 5 nitrogen and oxygen atoms in total. The second kappa shape index (κ2) is 4.90. The largest absolute Gasteiger partial charge is 0.433 e. The van der Waals surface area contributed by atoms with E-state index in [-0.39, 0.29) is 5.69 Å². The maximum Gasteiger partial charge on any atom is 0.332 e. The van der Waals surface area contributed by atoms with E-state index in [4.69, 9.17) is 32.1 Å². The molecule has 8 heteroatoms. The van der Waals surface area contributed by atoms with Crippen LogP contribution in [0.25, 0.3) is 0 Å². The van der Waals surface area contributed by atoms with Gasteiger partial charge in [-0.05, 0) is 35.2 Å². The van der Waals surface area contributed by atoms with Gasteiger partial charge in [0.2, 0.25) is 0 Å². The quantitative estimate of drug-likeness (QED) is 0.476. The zero-order chi connectivity index (χ0) is 11.5. The van der Waals surface area contributed by atoms with Crippen molar-refractivity contribution in [1.29, 1.82) is 0 Å². The topological polar surface area (TPSA) is 61.6 Å². The average Bonchev–Trinajstić information content (AvgIpc) is 2.18. The van der Waals surface area contributed by atoms with Crippen LogP contribution in [0.2, 0.25) is 0 Å². The molecule has 0 saturated carbocycles. The fourth-order valence-corrected chi connectivity index (χ4v) is 1.74. The Labute approximate surface area is 96.1 Å². The van der Waals surface area contributed by atoms with Crippen molar-refractivity contribution in [2.75, 3.05) is 7.11 Å². The SMILES string of the molecule is COP(=S)(Cl)Oc1ccc([N+](=O)[O-])cc1. The van der Waals surface area contributed by atoms with Crippen LogP contribution in [0.1, 0.15) is 0 Å². The van der Waals surface area contributed by atoms with E-state index in [0.29, 0.717) is 5.75 Å². The van der Waals surface area contributed by atoms with Gasteiger partial charge in [-0.2, -0.15) is 0 Å². The summed E-state index contributed by atoms with van der Waals surface area (Å²) in [7, 11) is 1.35. The number of hydrogen-bond donors (Lipinski definition) is 0. The molecule has 82 valence electrons. The van der Waals surface area contributed by atoms with Crippen molar-refractivity contribution in [3.63, 3.8) is 0 Å². The second-order valence-corrected chi connectivity index (χ2v) is 7.24. The minimum atomic E-state index is -2.80. The van der Waals surface area contributed by atoms with Crippen LogP contribution in [-0.2, 0) is 16.3 Å². The third-order valence-electron chi connectivity index (χ3n) is 1.48. The Hall–Kier alpha value is -0.680. The summed E-state index contributed by atoms with van der Waals surface area (Å²) in [5, 5.41) is 10.4. The van der Waals surface area contributed by atoms with Gasteiger partial charge >= 0.3 is 5.84 Å². The van der Waals surface area contributed by atoms with Crippen LogP contribution in [0.5, 0.6) is 5.75 Å². The van der Waals surface area contributed by atoms with Crippen molar-refractivity contribution in [2.45, 2.75) is 0 Å². The minimum Gasteiger partial charge on any atom is -0.433 e. The second-order valence-electron chi connectivity index (χ2n) is 2.46. The molecule has 0 saturated heterocycles. The highest BCUT2D eigenvalue weighted by Gasteiger charge is 2.15.